The summed E-state index contributed by atoms with van der Waals surface area (Å²) < 4.78 is 0. The lowest BCUT2D eigenvalue weighted by atomic mass is 9.78. The Bertz CT molecular complexity index is 364. The van der Waals surface area contributed by atoms with Crippen molar-refractivity contribution in [2.45, 2.75) is 77.3 Å². The van der Waals surface area contributed by atoms with Gasteiger partial charge in [-0.1, -0.05) is 20.8 Å². The van der Waals surface area contributed by atoms with Crippen molar-refractivity contribution < 1.29 is 9.90 Å². The number of nitrogens with one attached hydrogen (secondary N) is 1. The van der Waals surface area contributed by atoms with Gasteiger partial charge in [-0.25, -0.2) is 0 Å². The largest absolute Gasteiger partial charge is 0.480 e. The van der Waals surface area contributed by atoms with Gasteiger partial charge in [-0.05, 0) is 63.5 Å². The molecule has 0 aromatic rings. The average Bonchev–Trinajstić information content (AvgIpc) is 2.93. The van der Waals surface area contributed by atoms with E-state index in [1.165, 1.54) is 19.3 Å². The summed E-state index contributed by atoms with van der Waals surface area (Å²) in [5, 5.41) is 13.0. The second kappa shape index (κ2) is 6.66. The molecule has 2 N–H and O–H groups in total. The Morgan fingerprint density at radius 1 is 1.29 bits per heavy atom. The molecule has 2 aliphatic rings. The fourth-order valence-electron chi connectivity index (χ4n) is 4.43. The Hall–Kier alpha value is -0.610. The van der Waals surface area contributed by atoms with Gasteiger partial charge in [0, 0.05) is 12.6 Å². The van der Waals surface area contributed by atoms with E-state index in [9.17, 15) is 9.90 Å². The predicted molar refractivity (Wildman–Crippen MR) is 85.5 cm³/mol. The third kappa shape index (κ3) is 3.26. The van der Waals surface area contributed by atoms with E-state index in [0.717, 1.165) is 45.3 Å². The van der Waals surface area contributed by atoms with Crippen LogP contribution in [0.2, 0.25) is 0 Å². The minimum atomic E-state index is -0.693. The molecule has 2 fully saturated rings. The number of carbonyl (C=O) groups is 1. The Morgan fingerprint density at radius 2 is 2.00 bits per heavy atom. The standard InChI is InChI=1S/C17H32N2O2/c1-4-16(5-2)10-11-19(13-16)14-8-7-9-17(12-14,15(20)21)18-6-3/h14,18H,4-13H2,1-3H3,(H,20,21). The van der Waals surface area contributed by atoms with Crippen LogP contribution in [0.25, 0.3) is 0 Å². The van der Waals surface area contributed by atoms with Gasteiger partial charge in [0.05, 0.1) is 0 Å². The molecule has 1 saturated heterocycles. The first-order chi connectivity index (χ1) is 10.0. The minimum Gasteiger partial charge on any atom is -0.480 e. The quantitative estimate of drug-likeness (QED) is 0.791. The van der Waals surface area contributed by atoms with E-state index < -0.39 is 11.5 Å². The van der Waals surface area contributed by atoms with Crippen LogP contribution in [0.5, 0.6) is 0 Å². The van der Waals surface area contributed by atoms with Crippen molar-refractivity contribution in [3.8, 4) is 0 Å². The van der Waals surface area contributed by atoms with E-state index in [0.29, 0.717) is 11.5 Å². The normalized spacial score (nSPS) is 33.2. The second-order valence-electron chi connectivity index (χ2n) is 7.10. The summed E-state index contributed by atoms with van der Waals surface area (Å²) in [7, 11) is 0. The summed E-state index contributed by atoms with van der Waals surface area (Å²) in [6.07, 6.45) is 7.47. The minimum absolute atomic E-state index is 0.439. The van der Waals surface area contributed by atoms with Crippen LogP contribution in [0, 0.1) is 5.41 Å². The van der Waals surface area contributed by atoms with Gasteiger partial charge in [0.1, 0.15) is 5.54 Å². The maximum Gasteiger partial charge on any atom is 0.323 e. The predicted octanol–water partition coefficient (Wildman–Crippen LogP) is 2.87. The van der Waals surface area contributed by atoms with Crippen molar-refractivity contribution in [3.05, 3.63) is 0 Å². The zero-order valence-corrected chi connectivity index (χ0v) is 14.0. The number of nitrogens with zero attached hydrogens (tertiary/aromatic N) is 1. The molecule has 0 aromatic heterocycles. The van der Waals surface area contributed by atoms with Crippen LogP contribution < -0.4 is 5.32 Å². The van der Waals surface area contributed by atoms with Crippen LogP contribution in [-0.2, 0) is 4.79 Å². The number of carboxylic acids is 1. The molecule has 0 bridgehead atoms. The zero-order valence-electron chi connectivity index (χ0n) is 14.0. The molecular weight excluding hydrogens is 264 g/mol. The van der Waals surface area contributed by atoms with Crippen molar-refractivity contribution in [3.63, 3.8) is 0 Å². The molecule has 21 heavy (non-hydrogen) atoms. The lowest BCUT2D eigenvalue weighted by molar-refractivity contribution is -0.147. The molecule has 0 radical (unpaired) electrons. The van der Waals surface area contributed by atoms with Crippen LogP contribution in [-0.4, -0.2) is 47.2 Å². The molecule has 0 aromatic carbocycles. The number of hydrogen-bond donors (Lipinski definition) is 2. The summed E-state index contributed by atoms with van der Waals surface area (Å²) in [6, 6.07) is 0.439. The first-order valence-electron chi connectivity index (χ1n) is 8.73. The third-order valence-electron chi connectivity index (χ3n) is 6.13. The molecule has 2 unspecified atom stereocenters. The van der Waals surface area contributed by atoms with E-state index in [1.807, 2.05) is 6.92 Å². The molecule has 1 aliphatic heterocycles. The highest BCUT2D eigenvalue weighted by molar-refractivity contribution is 5.79. The highest BCUT2D eigenvalue weighted by Crippen LogP contribution is 2.41. The lowest BCUT2D eigenvalue weighted by Gasteiger charge is -2.42. The highest BCUT2D eigenvalue weighted by Gasteiger charge is 2.46. The van der Waals surface area contributed by atoms with Gasteiger partial charge in [-0.15, -0.1) is 0 Å². The first-order valence-corrected chi connectivity index (χ1v) is 8.73. The Labute approximate surface area is 129 Å². The second-order valence-corrected chi connectivity index (χ2v) is 7.10. The van der Waals surface area contributed by atoms with E-state index >= 15 is 0 Å². The molecule has 1 aliphatic carbocycles. The van der Waals surface area contributed by atoms with Crippen LogP contribution in [0.4, 0.5) is 0 Å². The molecule has 1 heterocycles. The van der Waals surface area contributed by atoms with Crippen LogP contribution in [0.3, 0.4) is 0 Å². The smallest absolute Gasteiger partial charge is 0.323 e. The van der Waals surface area contributed by atoms with Crippen LogP contribution in [0.15, 0.2) is 0 Å². The number of aliphatic carboxylic acids is 1. The molecule has 0 spiro atoms. The number of rotatable bonds is 6. The van der Waals surface area contributed by atoms with Crippen LogP contribution in [0.1, 0.15) is 65.7 Å². The molecule has 2 rings (SSSR count). The average molecular weight is 296 g/mol. The summed E-state index contributed by atoms with van der Waals surface area (Å²) in [6.45, 7) is 9.64. The number of carboxylic acid groups (broad SMARTS) is 1. The SMILES string of the molecule is CCNC1(C(=O)O)CCCC(N2CCC(CC)(CC)C2)C1. The van der Waals surface area contributed by atoms with Crippen molar-refractivity contribution in [1.82, 2.24) is 10.2 Å². The summed E-state index contributed by atoms with van der Waals surface area (Å²) >= 11 is 0. The van der Waals surface area contributed by atoms with Crippen LogP contribution >= 0.6 is 0 Å². The summed E-state index contributed by atoms with van der Waals surface area (Å²) in [5.41, 5.74) is -0.219. The molecular formula is C17H32N2O2. The molecule has 2 atom stereocenters. The molecule has 0 amide bonds. The number of hydrogen-bond acceptors (Lipinski definition) is 3. The maximum absolute atomic E-state index is 11.8. The van der Waals surface area contributed by atoms with E-state index in [2.05, 4.69) is 24.1 Å². The van der Waals surface area contributed by atoms with Gasteiger partial charge in [-0.2, -0.15) is 0 Å². The highest BCUT2D eigenvalue weighted by atomic mass is 16.4. The van der Waals surface area contributed by atoms with Gasteiger partial charge in [0.25, 0.3) is 0 Å². The lowest BCUT2D eigenvalue weighted by Crippen LogP contribution is -2.58. The molecule has 122 valence electrons. The van der Waals surface area contributed by atoms with Crippen molar-refractivity contribution in [1.29, 1.82) is 0 Å². The number of likely N-dealkylation sites (tertiary alicyclic amines) is 1. The number of likely N-dealkylation sites (N-methyl/N-ethyl adjacent to an activating group) is 1. The zero-order chi connectivity index (χ0) is 15.5. The molecule has 1 saturated carbocycles. The van der Waals surface area contributed by atoms with E-state index in [1.54, 1.807) is 0 Å². The monoisotopic (exact) mass is 296 g/mol. The summed E-state index contributed by atoms with van der Waals surface area (Å²) in [4.78, 5) is 14.4. The molecule has 4 nitrogen and oxygen atoms in total. The van der Waals surface area contributed by atoms with Gasteiger partial charge in [0.2, 0.25) is 0 Å². The fraction of sp³-hybridized carbons (Fsp3) is 0.941. The van der Waals surface area contributed by atoms with Gasteiger partial charge >= 0.3 is 5.97 Å². The Balaban J connectivity index is 2.06. The van der Waals surface area contributed by atoms with Crippen molar-refractivity contribution in [2.24, 2.45) is 5.41 Å². The topological polar surface area (TPSA) is 52.6 Å². The van der Waals surface area contributed by atoms with Crippen molar-refractivity contribution >= 4 is 5.97 Å². The van der Waals surface area contributed by atoms with E-state index in [4.69, 9.17) is 0 Å². The van der Waals surface area contributed by atoms with Gasteiger partial charge in [0.15, 0.2) is 0 Å². The summed E-state index contributed by atoms with van der Waals surface area (Å²) in [5.74, 6) is -0.662. The Morgan fingerprint density at radius 3 is 2.52 bits per heavy atom. The Kier molecular flexibility index (Phi) is 5.31. The van der Waals surface area contributed by atoms with Gasteiger partial charge in [-0.3, -0.25) is 9.69 Å². The van der Waals surface area contributed by atoms with E-state index in [-0.39, 0.29) is 0 Å². The maximum atomic E-state index is 11.8. The van der Waals surface area contributed by atoms with Crippen molar-refractivity contribution in [2.75, 3.05) is 19.6 Å². The molecule has 4 heteroatoms. The third-order valence-corrected chi connectivity index (χ3v) is 6.13. The fourth-order valence-corrected chi connectivity index (χ4v) is 4.43. The van der Waals surface area contributed by atoms with Gasteiger partial charge < -0.3 is 10.4 Å². The first kappa shape index (κ1) is 16.8.